The van der Waals surface area contributed by atoms with Gasteiger partial charge >= 0.3 is 0 Å². The maximum atomic E-state index is 2.48. The maximum absolute atomic E-state index is 2.48. The van der Waals surface area contributed by atoms with E-state index < -0.39 is 0 Å². The van der Waals surface area contributed by atoms with Crippen molar-refractivity contribution >= 4 is 87.4 Å². The number of nitrogens with zero attached hydrogens (tertiary/aromatic N) is 3. The number of thiophene rings is 1. The quantitative estimate of drug-likeness (QED) is 0.150. The first-order chi connectivity index (χ1) is 37.2. The highest BCUT2D eigenvalue weighted by atomic mass is 32.1. The lowest BCUT2D eigenvalue weighted by Gasteiger charge is -2.31. The Morgan fingerprint density at radius 2 is 0.842 bits per heavy atom. The normalized spacial score (nSPS) is 13.7. The second-order valence-corrected chi connectivity index (χ2v) is 22.8. The van der Waals surface area contributed by atoms with Crippen LogP contribution in [0.25, 0.3) is 81.0 Å². The van der Waals surface area contributed by atoms with Crippen molar-refractivity contribution in [3.05, 3.63) is 271 Å². The standard InChI is InChI=1S/C72H53N3S/c1-71(2)62-27-15-11-23-53(62)55-36-32-51(44-64(55)71)73(47-19-7-5-8-20-47)49-34-39-67(74(48-21-9-6-10-22-48)50-35-40-70-61(43-50)58-26-14-18-30-69(58)76-70)59(42-49)46-31-38-68-60(41-46)57-25-13-17-29-66(57)75(68)52-33-37-56-54-24-12-16-28-63(54)72(3,4)65(56)45-52/h5-45H,1-4H3. The molecule has 0 aliphatic heterocycles. The van der Waals surface area contributed by atoms with E-state index in [0.29, 0.717) is 0 Å². The van der Waals surface area contributed by atoms with Crippen LogP contribution in [0.2, 0.25) is 0 Å². The minimum atomic E-state index is -0.153. The van der Waals surface area contributed by atoms with E-state index in [1.807, 2.05) is 11.3 Å². The summed E-state index contributed by atoms with van der Waals surface area (Å²) < 4.78 is 5.06. The predicted octanol–water partition coefficient (Wildman–Crippen LogP) is 20.4. The molecule has 0 unspecified atom stereocenters. The van der Waals surface area contributed by atoms with Crippen molar-refractivity contribution in [1.82, 2.24) is 4.57 Å². The summed E-state index contributed by atoms with van der Waals surface area (Å²) in [4.78, 5) is 4.91. The summed E-state index contributed by atoms with van der Waals surface area (Å²) in [6.45, 7) is 9.47. The van der Waals surface area contributed by atoms with Gasteiger partial charge in [-0.3, -0.25) is 0 Å². The number of fused-ring (bicyclic) bond motifs is 12. The smallest absolute Gasteiger partial charge is 0.0541 e. The van der Waals surface area contributed by atoms with Gasteiger partial charge in [0, 0.05) is 81.5 Å². The first kappa shape index (κ1) is 44.5. The Morgan fingerprint density at radius 3 is 1.58 bits per heavy atom. The van der Waals surface area contributed by atoms with E-state index in [-0.39, 0.29) is 10.8 Å². The second kappa shape index (κ2) is 16.8. The molecule has 4 heteroatoms. The highest BCUT2D eigenvalue weighted by Gasteiger charge is 2.37. The fourth-order valence-corrected chi connectivity index (χ4v) is 14.1. The summed E-state index contributed by atoms with van der Waals surface area (Å²) in [5.41, 5.74) is 22.9. The summed E-state index contributed by atoms with van der Waals surface area (Å²) in [6, 6.07) is 92.8. The van der Waals surface area contributed by atoms with Crippen LogP contribution in [0.15, 0.2) is 249 Å². The average Bonchev–Trinajstić information content (AvgIpc) is 4.21. The number of anilines is 6. The lowest BCUT2D eigenvalue weighted by molar-refractivity contribution is 0.660. The molecular formula is C72H53N3S. The zero-order chi connectivity index (χ0) is 50.9. The molecule has 0 bridgehead atoms. The van der Waals surface area contributed by atoms with E-state index in [2.05, 4.69) is 291 Å². The van der Waals surface area contributed by atoms with Gasteiger partial charge in [0.2, 0.25) is 0 Å². The zero-order valence-corrected chi connectivity index (χ0v) is 43.7. The van der Waals surface area contributed by atoms with Gasteiger partial charge in [0.05, 0.1) is 16.7 Å². The van der Waals surface area contributed by atoms with Crippen LogP contribution in [-0.2, 0) is 10.8 Å². The molecule has 0 saturated heterocycles. The zero-order valence-electron chi connectivity index (χ0n) is 42.9. The molecule has 2 aromatic heterocycles. The monoisotopic (exact) mass is 991 g/mol. The minimum Gasteiger partial charge on any atom is -0.310 e. The predicted molar refractivity (Wildman–Crippen MR) is 324 cm³/mol. The largest absolute Gasteiger partial charge is 0.310 e. The summed E-state index contributed by atoms with van der Waals surface area (Å²) in [6.07, 6.45) is 0. The molecule has 0 radical (unpaired) electrons. The van der Waals surface area contributed by atoms with Gasteiger partial charge in [-0.2, -0.15) is 0 Å². The molecule has 3 nitrogen and oxygen atoms in total. The highest BCUT2D eigenvalue weighted by molar-refractivity contribution is 7.25. The van der Waals surface area contributed by atoms with Crippen LogP contribution < -0.4 is 9.80 Å². The number of benzene rings is 11. The molecule has 0 spiro atoms. The number of hydrogen-bond acceptors (Lipinski definition) is 3. The number of hydrogen-bond donors (Lipinski definition) is 0. The average molecular weight is 992 g/mol. The van der Waals surface area contributed by atoms with Crippen LogP contribution in [0.1, 0.15) is 49.9 Å². The maximum Gasteiger partial charge on any atom is 0.0541 e. The van der Waals surface area contributed by atoms with Crippen LogP contribution in [0, 0.1) is 0 Å². The molecule has 2 aliphatic carbocycles. The third-order valence-corrected chi connectivity index (χ3v) is 17.9. The van der Waals surface area contributed by atoms with Crippen molar-refractivity contribution in [3.63, 3.8) is 0 Å². The van der Waals surface area contributed by atoms with Crippen LogP contribution in [-0.4, -0.2) is 4.57 Å². The van der Waals surface area contributed by atoms with E-state index in [4.69, 9.17) is 0 Å². The Bertz CT molecular complexity index is 4480. The van der Waals surface area contributed by atoms with Gasteiger partial charge in [0.15, 0.2) is 0 Å². The van der Waals surface area contributed by atoms with E-state index in [9.17, 15) is 0 Å². The third kappa shape index (κ3) is 6.67. The Hall–Kier alpha value is -8.96. The van der Waals surface area contributed by atoms with Crippen molar-refractivity contribution in [3.8, 4) is 39.1 Å². The number of aromatic nitrogens is 1. The Morgan fingerprint density at radius 1 is 0.316 bits per heavy atom. The lowest BCUT2D eigenvalue weighted by Crippen LogP contribution is -2.17. The molecule has 2 heterocycles. The summed E-state index contributed by atoms with van der Waals surface area (Å²) >= 11 is 1.86. The third-order valence-electron chi connectivity index (χ3n) is 16.8. The van der Waals surface area contributed by atoms with Gasteiger partial charge in [-0.25, -0.2) is 0 Å². The first-order valence-electron chi connectivity index (χ1n) is 26.5. The van der Waals surface area contributed by atoms with E-state index in [1.165, 1.54) is 92.2 Å². The fraction of sp³-hybridized carbons (Fsp3) is 0.0833. The van der Waals surface area contributed by atoms with E-state index in [1.54, 1.807) is 0 Å². The van der Waals surface area contributed by atoms with Crippen LogP contribution in [0.5, 0.6) is 0 Å². The molecular weight excluding hydrogens is 939 g/mol. The first-order valence-corrected chi connectivity index (χ1v) is 27.3. The van der Waals surface area contributed by atoms with Crippen molar-refractivity contribution in [2.75, 3.05) is 9.80 Å². The van der Waals surface area contributed by atoms with Gasteiger partial charge < -0.3 is 14.4 Å². The molecule has 2 aliphatic rings. The lowest BCUT2D eigenvalue weighted by atomic mass is 9.82. The Balaban J connectivity index is 0.964. The molecule has 362 valence electrons. The van der Waals surface area contributed by atoms with E-state index >= 15 is 0 Å². The molecule has 0 fully saturated rings. The van der Waals surface area contributed by atoms with E-state index in [0.717, 1.165) is 45.3 Å². The molecule has 13 aromatic rings. The Kier molecular flexibility index (Phi) is 9.83. The molecule has 0 N–H and O–H groups in total. The Labute approximate surface area is 447 Å². The highest BCUT2D eigenvalue weighted by Crippen LogP contribution is 2.53. The van der Waals surface area contributed by atoms with Crippen LogP contribution in [0.4, 0.5) is 34.1 Å². The summed E-state index contributed by atoms with van der Waals surface area (Å²) in [7, 11) is 0. The van der Waals surface area contributed by atoms with Gasteiger partial charge in [-0.15, -0.1) is 11.3 Å². The molecule has 76 heavy (non-hydrogen) atoms. The van der Waals surface area contributed by atoms with Gasteiger partial charge in [0.25, 0.3) is 0 Å². The number of para-hydroxylation sites is 3. The van der Waals surface area contributed by atoms with Crippen LogP contribution in [0.3, 0.4) is 0 Å². The van der Waals surface area contributed by atoms with Crippen molar-refractivity contribution in [2.24, 2.45) is 0 Å². The molecule has 0 saturated carbocycles. The molecule has 0 atom stereocenters. The second-order valence-electron chi connectivity index (χ2n) is 21.7. The van der Waals surface area contributed by atoms with Crippen molar-refractivity contribution < 1.29 is 0 Å². The van der Waals surface area contributed by atoms with Crippen molar-refractivity contribution in [2.45, 2.75) is 38.5 Å². The van der Waals surface area contributed by atoms with Gasteiger partial charge in [-0.05, 0) is 159 Å². The van der Waals surface area contributed by atoms with Crippen LogP contribution >= 0.6 is 11.3 Å². The minimum absolute atomic E-state index is 0.115. The molecule has 0 amide bonds. The molecule has 15 rings (SSSR count). The molecule has 11 aromatic carbocycles. The topological polar surface area (TPSA) is 11.4 Å². The van der Waals surface area contributed by atoms with Gasteiger partial charge in [0.1, 0.15) is 0 Å². The number of rotatable bonds is 8. The fourth-order valence-electron chi connectivity index (χ4n) is 13.1. The van der Waals surface area contributed by atoms with Crippen molar-refractivity contribution in [1.29, 1.82) is 0 Å². The van der Waals surface area contributed by atoms with Gasteiger partial charge in [-0.1, -0.05) is 167 Å². The summed E-state index contributed by atoms with van der Waals surface area (Å²) in [5.74, 6) is 0. The SMILES string of the molecule is CC1(C)c2ccccc2-c2ccc(N(c3ccccc3)c3ccc(N(c4ccccc4)c4ccc5sc6ccccc6c5c4)c(-c4ccc5c(c4)c4ccccc4n5-c4ccc5c(c4)C(C)(C)c4ccccc4-5)c3)cc21. The summed E-state index contributed by atoms with van der Waals surface area (Å²) in [5, 5.41) is 4.99.